The Bertz CT molecular complexity index is 1420. The molecule has 1 amide bonds. The van der Waals surface area contributed by atoms with Gasteiger partial charge < -0.3 is 15.0 Å². The van der Waals surface area contributed by atoms with Gasteiger partial charge >= 0.3 is 0 Å². The Morgan fingerprint density at radius 2 is 2.03 bits per heavy atom. The summed E-state index contributed by atoms with van der Waals surface area (Å²) >= 11 is 0. The van der Waals surface area contributed by atoms with Gasteiger partial charge in [0.1, 0.15) is 17.0 Å². The smallest absolute Gasteiger partial charge is 0.254 e. The molecular weight excluding hydrogens is 390 g/mol. The molecule has 5 aromatic rings. The van der Waals surface area contributed by atoms with Crippen LogP contribution in [0.5, 0.6) is 0 Å². The first-order chi connectivity index (χ1) is 15.0. The second kappa shape index (κ2) is 7.09. The number of benzene rings is 1. The summed E-state index contributed by atoms with van der Waals surface area (Å²) in [4.78, 5) is 24.5. The van der Waals surface area contributed by atoms with Crippen LogP contribution in [0, 0.1) is 0 Å². The standard InChI is InChI=1S/C23H23N7O/c1-4-30(14(2)19-13-29-10-6-5-7-20(29)26-19)23(31)15-8-9-18-16(11-15)17-12-25-28(3)21(17)22(24)27-18/h5-14H,4H2,1-3H3,(H2,24,27). The van der Waals surface area contributed by atoms with Gasteiger partial charge in [-0.05, 0) is 44.2 Å². The molecule has 0 saturated carbocycles. The average molecular weight is 413 g/mol. The number of imidazole rings is 1. The van der Waals surface area contributed by atoms with E-state index in [0.717, 1.165) is 33.1 Å². The van der Waals surface area contributed by atoms with E-state index in [2.05, 4.69) is 10.1 Å². The highest BCUT2D eigenvalue weighted by Crippen LogP contribution is 2.29. The maximum Gasteiger partial charge on any atom is 0.254 e. The number of hydrogen-bond donors (Lipinski definition) is 1. The van der Waals surface area contributed by atoms with Crippen molar-refractivity contribution < 1.29 is 4.79 Å². The van der Waals surface area contributed by atoms with Gasteiger partial charge in [-0.2, -0.15) is 5.10 Å². The highest BCUT2D eigenvalue weighted by atomic mass is 16.2. The molecule has 0 aliphatic heterocycles. The molecule has 5 rings (SSSR count). The number of amides is 1. The average Bonchev–Trinajstić information content (AvgIpc) is 3.38. The quantitative estimate of drug-likeness (QED) is 0.486. The molecular formula is C23H23N7O. The summed E-state index contributed by atoms with van der Waals surface area (Å²) in [5.74, 6) is 0.375. The minimum absolute atomic E-state index is 0.0529. The Morgan fingerprint density at radius 3 is 2.81 bits per heavy atom. The van der Waals surface area contributed by atoms with Crippen molar-refractivity contribution >= 4 is 39.2 Å². The number of anilines is 1. The summed E-state index contributed by atoms with van der Waals surface area (Å²) < 4.78 is 3.67. The fraction of sp³-hybridized carbons (Fsp3) is 0.217. The van der Waals surface area contributed by atoms with Crippen LogP contribution in [-0.4, -0.2) is 41.5 Å². The molecule has 1 aromatic carbocycles. The van der Waals surface area contributed by atoms with Crippen LogP contribution in [0.3, 0.4) is 0 Å². The summed E-state index contributed by atoms with van der Waals surface area (Å²) in [6, 6.07) is 11.2. The minimum atomic E-state index is -0.170. The summed E-state index contributed by atoms with van der Waals surface area (Å²) in [6.07, 6.45) is 5.70. The SMILES string of the molecule is CCN(C(=O)c1ccc2nc(N)c3c(cnn3C)c2c1)C(C)c1cn2ccccc2n1. The van der Waals surface area contributed by atoms with Crippen molar-refractivity contribution in [2.45, 2.75) is 19.9 Å². The maximum atomic E-state index is 13.5. The van der Waals surface area contributed by atoms with E-state index in [1.54, 1.807) is 16.9 Å². The van der Waals surface area contributed by atoms with E-state index >= 15 is 0 Å². The lowest BCUT2D eigenvalue weighted by Crippen LogP contribution is -2.33. The number of fused-ring (bicyclic) bond motifs is 4. The Morgan fingerprint density at radius 1 is 1.19 bits per heavy atom. The van der Waals surface area contributed by atoms with Gasteiger partial charge in [0.25, 0.3) is 5.91 Å². The highest BCUT2D eigenvalue weighted by Gasteiger charge is 2.24. The van der Waals surface area contributed by atoms with Crippen molar-refractivity contribution in [3.05, 3.63) is 66.2 Å². The van der Waals surface area contributed by atoms with E-state index in [0.29, 0.717) is 17.9 Å². The van der Waals surface area contributed by atoms with Crippen LogP contribution in [0.1, 0.15) is 35.9 Å². The third-order valence-corrected chi connectivity index (χ3v) is 5.84. The van der Waals surface area contributed by atoms with Gasteiger partial charge in [-0.1, -0.05) is 6.07 Å². The summed E-state index contributed by atoms with van der Waals surface area (Å²) in [5.41, 5.74) is 9.94. The number of nitrogens with zero attached hydrogens (tertiary/aromatic N) is 6. The molecule has 0 aliphatic carbocycles. The molecule has 156 valence electrons. The molecule has 0 saturated heterocycles. The number of nitrogens with two attached hydrogens (primary N) is 1. The Hall–Kier alpha value is -3.94. The van der Waals surface area contributed by atoms with E-state index in [9.17, 15) is 4.79 Å². The van der Waals surface area contributed by atoms with Crippen LogP contribution < -0.4 is 5.73 Å². The Balaban J connectivity index is 1.55. The zero-order chi connectivity index (χ0) is 21.7. The molecule has 0 spiro atoms. The van der Waals surface area contributed by atoms with Gasteiger partial charge in [0.2, 0.25) is 0 Å². The lowest BCUT2D eigenvalue weighted by atomic mass is 10.1. The van der Waals surface area contributed by atoms with E-state index < -0.39 is 0 Å². The molecule has 4 aromatic heterocycles. The Kier molecular flexibility index (Phi) is 4.35. The second-order valence-corrected chi connectivity index (χ2v) is 7.66. The number of rotatable bonds is 4. The number of hydrogen-bond acceptors (Lipinski definition) is 5. The molecule has 0 bridgehead atoms. The second-order valence-electron chi connectivity index (χ2n) is 7.66. The fourth-order valence-corrected chi connectivity index (χ4v) is 4.18. The van der Waals surface area contributed by atoms with Crippen molar-refractivity contribution in [2.24, 2.45) is 7.05 Å². The molecule has 1 unspecified atom stereocenters. The normalized spacial score (nSPS) is 12.6. The first-order valence-electron chi connectivity index (χ1n) is 10.2. The van der Waals surface area contributed by atoms with Gasteiger partial charge in [-0.3, -0.25) is 9.48 Å². The topological polar surface area (TPSA) is 94.3 Å². The van der Waals surface area contributed by atoms with Gasteiger partial charge in [-0.15, -0.1) is 0 Å². The lowest BCUT2D eigenvalue weighted by molar-refractivity contribution is 0.0699. The summed E-state index contributed by atoms with van der Waals surface area (Å²) in [7, 11) is 1.83. The van der Waals surface area contributed by atoms with E-state index in [-0.39, 0.29) is 11.9 Å². The van der Waals surface area contributed by atoms with Crippen molar-refractivity contribution in [1.29, 1.82) is 0 Å². The van der Waals surface area contributed by atoms with Gasteiger partial charge in [0, 0.05) is 42.3 Å². The Labute approximate surface area is 178 Å². The first kappa shape index (κ1) is 19.0. The largest absolute Gasteiger partial charge is 0.382 e. The molecule has 31 heavy (non-hydrogen) atoms. The van der Waals surface area contributed by atoms with E-state index in [1.807, 2.05) is 72.9 Å². The predicted molar refractivity (Wildman–Crippen MR) is 121 cm³/mol. The molecule has 0 radical (unpaired) electrons. The van der Waals surface area contributed by atoms with Crippen molar-refractivity contribution in [1.82, 2.24) is 29.0 Å². The third-order valence-electron chi connectivity index (χ3n) is 5.84. The van der Waals surface area contributed by atoms with E-state index in [4.69, 9.17) is 10.7 Å². The van der Waals surface area contributed by atoms with Crippen LogP contribution >= 0.6 is 0 Å². The molecule has 8 heteroatoms. The van der Waals surface area contributed by atoms with Crippen molar-refractivity contribution in [2.75, 3.05) is 12.3 Å². The molecule has 2 N–H and O–H groups in total. The number of carbonyl (C=O) groups excluding carboxylic acids is 1. The van der Waals surface area contributed by atoms with Gasteiger partial charge in [0.05, 0.1) is 23.4 Å². The van der Waals surface area contributed by atoms with Gasteiger partial charge in [-0.25, -0.2) is 9.97 Å². The number of aryl methyl sites for hydroxylation is 1. The minimum Gasteiger partial charge on any atom is -0.382 e. The lowest BCUT2D eigenvalue weighted by Gasteiger charge is -2.27. The third kappa shape index (κ3) is 2.99. The predicted octanol–water partition coefficient (Wildman–Crippen LogP) is 3.57. The number of nitrogen functional groups attached to an aromatic ring is 1. The molecule has 0 fully saturated rings. The highest BCUT2D eigenvalue weighted by molar-refractivity contribution is 6.10. The monoisotopic (exact) mass is 413 g/mol. The number of carbonyl (C=O) groups is 1. The maximum absolute atomic E-state index is 13.5. The number of aromatic nitrogens is 5. The first-order valence-corrected chi connectivity index (χ1v) is 10.2. The van der Waals surface area contributed by atoms with Crippen LogP contribution in [0.4, 0.5) is 5.82 Å². The van der Waals surface area contributed by atoms with Crippen molar-refractivity contribution in [3.63, 3.8) is 0 Å². The molecule has 4 heterocycles. The molecule has 1 atom stereocenters. The van der Waals surface area contributed by atoms with Crippen molar-refractivity contribution in [3.8, 4) is 0 Å². The zero-order valence-electron chi connectivity index (χ0n) is 17.6. The van der Waals surface area contributed by atoms with Crippen LogP contribution in [0.15, 0.2) is 55.0 Å². The molecule has 0 aliphatic rings. The molecule has 8 nitrogen and oxygen atoms in total. The summed E-state index contributed by atoms with van der Waals surface area (Å²) in [5, 5.41) is 6.06. The van der Waals surface area contributed by atoms with Crippen LogP contribution in [0.25, 0.3) is 27.5 Å². The number of pyridine rings is 2. The van der Waals surface area contributed by atoms with Crippen LogP contribution in [0.2, 0.25) is 0 Å². The fourth-order valence-electron chi connectivity index (χ4n) is 4.18. The summed E-state index contributed by atoms with van der Waals surface area (Å²) in [6.45, 7) is 4.55. The zero-order valence-corrected chi connectivity index (χ0v) is 17.6. The van der Waals surface area contributed by atoms with E-state index in [1.165, 1.54) is 0 Å². The van der Waals surface area contributed by atoms with Gasteiger partial charge in [0.15, 0.2) is 0 Å². The van der Waals surface area contributed by atoms with Crippen LogP contribution in [-0.2, 0) is 7.05 Å².